The topological polar surface area (TPSA) is 92.5 Å². The number of hydrogen-bond acceptors (Lipinski definition) is 4. The van der Waals surface area contributed by atoms with Gasteiger partial charge in [-0.1, -0.05) is 15.9 Å². The molecule has 1 aromatic heterocycles. The van der Waals surface area contributed by atoms with E-state index in [4.69, 9.17) is 5.11 Å². The first-order valence-corrected chi connectivity index (χ1v) is 7.90. The van der Waals surface area contributed by atoms with Gasteiger partial charge in [-0.15, -0.1) is 0 Å². The summed E-state index contributed by atoms with van der Waals surface area (Å²) in [6, 6.07) is 5.19. The molecule has 0 radical (unpaired) electrons. The zero-order chi connectivity index (χ0) is 16.6. The number of amides is 1. The molecule has 1 aromatic carbocycles. The lowest BCUT2D eigenvalue weighted by Crippen LogP contribution is -2.35. The smallest absolute Gasteiger partial charge is 0.308 e. The van der Waals surface area contributed by atoms with E-state index in [9.17, 15) is 14.4 Å². The number of aromatic nitrogens is 2. The van der Waals surface area contributed by atoms with Gasteiger partial charge in [-0.3, -0.25) is 19.0 Å². The average Bonchev–Trinajstić information content (AvgIpc) is 3.01. The summed E-state index contributed by atoms with van der Waals surface area (Å²) in [4.78, 5) is 41.3. The van der Waals surface area contributed by atoms with E-state index in [0.29, 0.717) is 23.9 Å². The number of likely N-dealkylation sites (tertiary alicyclic amines) is 1. The second-order valence-electron chi connectivity index (χ2n) is 5.50. The van der Waals surface area contributed by atoms with E-state index in [1.54, 1.807) is 18.2 Å². The van der Waals surface area contributed by atoms with Gasteiger partial charge in [0.1, 0.15) is 6.54 Å². The molecule has 2 aromatic rings. The van der Waals surface area contributed by atoms with Crippen LogP contribution >= 0.6 is 15.9 Å². The molecule has 1 atom stereocenters. The van der Waals surface area contributed by atoms with Gasteiger partial charge < -0.3 is 10.0 Å². The summed E-state index contributed by atoms with van der Waals surface area (Å²) >= 11 is 3.31. The average molecular weight is 380 g/mol. The van der Waals surface area contributed by atoms with Crippen LogP contribution in [0.3, 0.4) is 0 Å². The number of aliphatic carboxylic acids is 1. The van der Waals surface area contributed by atoms with Crippen molar-refractivity contribution < 1.29 is 14.7 Å². The summed E-state index contributed by atoms with van der Waals surface area (Å²) in [5.41, 5.74) is 0.271. The first-order valence-electron chi connectivity index (χ1n) is 7.11. The van der Waals surface area contributed by atoms with Crippen LogP contribution in [0.2, 0.25) is 0 Å². The Balaban J connectivity index is 1.82. The van der Waals surface area contributed by atoms with Crippen LogP contribution in [0.1, 0.15) is 6.42 Å². The number of carbonyl (C=O) groups is 2. The van der Waals surface area contributed by atoms with E-state index in [0.717, 1.165) is 4.47 Å². The number of carboxylic acid groups (broad SMARTS) is 1. The first-order chi connectivity index (χ1) is 11.0. The van der Waals surface area contributed by atoms with E-state index in [1.807, 2.05) is 0 Å². The summed E-state index contributed by atoms with van der Waals surface area (Å²) in [5, 5.41) is 9.41. The normalized spacial score (nSPS) is 17.6. The van der Waals surface area contributed by atoms with E-state index in [2.05, 4.69) is 20.9 Å². The van der Waals surface area contributed by atoms with Crippen LogP contribution < -0.4 is 5.56 Å². The minimum Gasteiger partial charge on any atom is -0.481 e. The van der Waals surface area contributed by atoms with Crippen molar-refractivity contribution in [3.63, 3.8) is 0 Å². The van der Waals surface area contributed by atoms with Crippen LogP contribution in [-0.4, -0.2) is 44.5 Å². The highest BCUT2D eigenvalue weighted by molar-refractivity contribution is 9.10. The number of carboxylic acids is 1. The summed E-state index contributed by atoms with van der Waals surface area (Å²) in [5.74, 6) is -1.69. The maximum Gasteiger partial charge on any atom is 0.308 e. The second-order valence-corrected chi connectivity index (χ2v) is 6.42. The molecule has 0 bridgehead atoms. The Morgan fingerprint density at radius 1 is 1.39 bits per heavy atom. The van der Waals surface area contributed by atoms with E-state index in [1.165, 1.54) is 15.8 Å². The molecule has 1 aliphatic rings. The second kappa shape index (κ2) is 6.11. The highest BCUT2D eigenvalue weighted by Crippen LogP contribution is 2.17. The van der Waals surface area contributed by atoms with Gasteiger partial charge in [0.05, 0.1) is 23.1 Å². The molecule has 1 fully saturated rings. The van der Waals surface area contributed by atoms with E-state index < -0.39 is 11.9 Å². The molecule has 1 amide bonds. The van der Waals surface area contributed by atoms with Gasteiger partial charge in [0.25, 0.3) is 5.56 Å². The monoisotopic (exact) mass is 379 g/mol. The molecule has 7 nitrogen and oxygen atoms in total. The predicted octanol–water partition coefficient (Wildman–Crippen LogP) is 1.09. The van der Waals surface area contributed by atoms with Crippen molar-refractivity contribution in [2.75, 3.05) is 13.1 Å². The predicted molar refractivity (Wildman–Crippen MR) is 86.0 cm³/mol. The summed E-state index contributed by atoms with van der Waals surface area (Å²) < 4.78 is 2.02. The van der Waals surface area contributed by atoms with Crippen molar-refractivity contribution in [3.8, 4) is 0 Å². The fourth-order valence-corrected chi connectivity index (χ4v) is 3.04. The van der Waals surface area contributed by atoms with Crippen molar-refractivity contribution in [2.24, 2.45) is 5.92 Å². The standard InChI is InChI=1S/C15H14BrN3O4/c16-10-1-2-12-11(5-10)14(21)19(8-17-12)7-13(20)18-4-3-9(6-18)15(22)23/h1-2,5,8-9H,3-4,6-7H2,(H,22,23)/t9-/m1/s1. The van der Waals surface area contributed by atoms with Crippen molar-refractivity contribution in [3.05, 3.63) is 39.4 Å². The molecular formula is C15H14BrN3O4. The number of rotatable bonds is 3. The zero-order valence-electron chi connectivity index (χ0n) is 12.1. The highest BCUT2D eigenvalue weighted by atomic mass is 79.9. The van der Waals surface area contributed by atoms with Crippen molar-refractivity contribution in [2.45, 2.75) is 13.0 Å². The van der Waals surface area contributed by atoms with Gasteiger partial charge >= 0.3 is 5.97 Å². The lowest BCUT2D eigenvalue weighted by atomic mass is 10.1. The fraction of sp³-hybridized carbons (Fsp3) is 0.333. The Hall–Kier alpha value is -2.22. The lowest BCUT2D eigenvalue weighted by molar-refractivity contribution is -0.141. The molecule has 120 valence electrons. The van der Waals surface area contributed by atoms with E-state index >= 15 is 0 Å². The molecule has 0 spiro atoms. The maximum absolute atomic E-state index is 12.4. The summed E-state index contributed by atoms with van der Waals surface area (Å²) in [7, 11) is 0. The third kappa shape index (κ3) is 3.12. The SMILES string of the molecule is O=C(O)[C@@H]1CCN(C(=O)Cn2cnc3ccc(Br)cc3c2=O)C1. The van der Waals surface area contributed by atoms with Gasteiger partial charge in [-0.25, -0.2) is 4.98 Å². The third-order valence-corrected chi connectivity index (χ3v) is 4.48. The Kier molecular flexibility index (Phi) is 4.16. The zero-order valence-corrected chi connectivity index (χ0v) is 13.7. The molecule has 1 saturated heterocycles. The van der Waals surface area contributed by atoms with Crippen molar-refractivity contribution >= 4 is 38.7 Å². The molecule has 0 aliphatic carbocycles. The van der Waals surface area contributed by atoms with Crippen LogP contribution in [0.5, 0.6) is 0 Å². The Bertz CT molecular complexity index is 848. The van der Waals surface area contributed by atoms with Crippen molar-refractivity contribution in [1.29, 1.82) is 0 Å². The fourth-order valence-electron chi connectivity index (χ4n) is 2.68. The molecule has 1 aliphatic heterocycles. The maximum atomic E-state index is 12.4. The first kappa shape index (κ1) is 15.7. The van der Waals surface area contributed by atoms with Crippen LogP contribution in [0, 0.1) is 5.92 Å². The number of hydrogen-bond donors (Lipinski definition) is 1. The summed E-state index contributed by atoms with van der Waals surface area (Å²) in [6.07, 6.45) is 1.79. The number of benzene rings is 1. The Morgan fingerprint density at radius 2 is 2.17 bits per heavy atom. The van der Waals surface area contributed by atoms with Gasteiger partial charge in [-0.05, 0) is 24.6 Å². The van der Waals surface area contributed by atoms with Gasteiger partial charge in [-0.2, -0.15) is 0 Å². The Labute approximate surface area is 139 Å². The van der Waals surface area contributed by atoms with Gasteiger partial charge in [0.15, 0.2) is 0 Å². The Morgan fingerprint density at radius 3 is 2.87 bits per heavy atom. The minimum atomic E-state index is -0.894. The lowest BCUT2D eigenvalue weighted by Gasteiger charge is -2.16. The van der Waals surface area contributed by atoms with Gasteiger partial charge in [0.2, 0.25) is 5.91 Å². The number of carbonyl (C=O) groups excluding carboxylic acids is 1. The quantitative estimate of drug-likeness (QED) is 0.861. The summed E-state index contributed by atoms with van der Waals surface area (Å²) in [6.45, 7) is 0.452. The molecule has 3 rings (SSSR count). The number of nitrogens with zero attached hydrogens (tertiary/aromatic N) is 3. The van der Waals surface area contributed by atoms with Crippen LogP contribution in [0.15, 0.2) is 33.8 Å². The molecule has 8 heteroatoms. The number of fused-ring (bicyclic) bond motifs is 1. The van der Waals surface area contributed by atoms with E-state index in [-0.39, 0.29) is 24.6 Å². The number of halogens is 1. The molecule has 1 N–H and O–H groups in total. The van der Waals surface area contributed by atoms with Crippen LogP contribution in [-0.2, 0) is 16.1 Å². The minimum absolute atomic E-state index is 0.138. The van der Waals surface area contributed by atoms with Crippen molar-refractivity contribution in [1.82, 2.24) is 14.5 Å². The molecule has 2 heterocycles. The third-order valence-electron chi connectivity index (χ3n) is 3.98. The molecular weight excluding hydrogens is 366 g/mol. The molecule has 23 heavy (non-hydrogen) atoms. The van der Waals surface area contributed by atoms with Crippen LogP contribution in [0.25, 0.3) is 10.9 Å². The van der Waals surface area contributed by atoms with Crippen LogP contribution in [0.4, 0.5) is 0 Å². The molecule has 0 unspecified atom stereocenters. The van der Waals surface area contributed by atoms with Gasteiger partial charge in [0, 0.05) is 17.6 Å². The highest BCUT2D eigenvalue weighted by Gasteiger charge is 2.30. The largest absolute Gasteiger partial charge is 0.481 e. The molecule has 0 saturated carbocycles.